The predicted octanol–water partition coefficient (Wildman–Crippen LogP) is 2.78. The zero-order valence-corrected chi connectivity index (χ0v) is 22.6. The molecular formula is C26H36FN3O6S. The zero-order chi connectivity index (χ0) is 27.2. The smallest absolute Gasteiger partial charge is 0.250 e. The monoisotopic (exact) mass is 537 g/mol. The molecule has 1 saturated heterocycles. The number of amides is 1. The summed E-state index contributed by atoms with van der Waals surface area (Å²) in [6.07, 6.45) is 0.135. The number of primary amides is 1. The van der Waals surface area contributed by atoms with Gasteiger partial charge in [-0.3, -0.25) is 4.79 Å². The van der Waals surface area contributed by atoms with E-state index in [1.54, 1.807) is 30.3 Å². The van der Waals surface area contributed by atoms with Gasteiger partial charge in [0.05, 0.1) is 20.8 Å². The van der Waals surface area contributed by atoms with Crippen LogP contribution in [0.1, 0.15) is 25.8 Å². The lowest BCUT2D eigenvalue weighted by Crippen LogP contribution is -2.57. The molecule has 9 nitrogen and oxygen atoms in total. The molecule has 2 aromatic carbocycles. The summed E-state index contributed by atoms with van der Waals surface area (Å²) in [6, 6.07) is 11.2. The number of sulfonamides is 1. The van der Waals surface area contributed by atoms with E-state index in [1.165, 1.54) is 30.7 Å². The number of halogens is 1. The van der Waals surface area contributed by atoms with Gasteiger partial charge >= 0.3 is 0 Å². The number of hydrogen-bond acceptors (Lipinski definition) is 7. The van der Waals surface area contributed by atoms with Gasteiger partial charge in [0.25, 0.3) is 5.91 Å². The molecule has 1 aliphatic rings. The van der Waals surface area contributed by atoms with Gasteiger partial charge in [-0.1, -0.05) is 13.8 Å². The Morgan fingerprint density at radius 2 is 1.70 bits per heavy atom. The van der Waals surface area contributed by atoms with Crippen LogP contribution in [-0.4, -0.2) is 70.4 Å². The first-order valence-electron chi connectivity index (χ1n) is 12.1. The first-order valence-corrected chi connectivity index (χ1v) is 13.7. The minimum Gasteiger partial charge on any atom is -0.497 e. The highest BCUT2D eigenvalue weighted by atomic mass is 32.2. The number of hydrogen-bond donors (Lipinski definition) is 1. The van der Waals surface area contributed by atoms with Crippen LogP contribution in [0.15, 0.2) is 42.5 Å². The van der Waals surface area contributed by atoms with Gasteiger partial charge in [-0.05, 0) is 48.7 Å². The molecule has 0 bridgehead atoms. The molecule has 1 heterocycles. The highest BCUT2D eigenvalue weighted by molar-refractivity contribution is 7.89. The van der Waals surface area contributed by atoms with Crippen LogP contribution in [0.4, 0.5) is 10.1 Å². The lowest BCUT2D eigenvalue weighted by atomic mass is 9.93. The number of methoxy groups -OCH3 is 2. The molecule has 1 unspecified atom stereocenters. The highest BCUT2D eigenvalue weighted by Crippen LogP contribution is 2.31. The van der Waals surface area contributed by atoms with Crippen molar-refractivity contribution in [1.82, 2.24) is 4.31 Å². The van der Waals surface area contributed by atoms with Crippen molar-refractivity contribution < 1.29 is 31.8 Å². The van der Waals surface area contributed by atoms with E-state index in [4.69, 9.17) is 19.9 Å². The van der Waals surface area contributed by atoms with E-state index in [0.717, 1.165) is 5.69 Å². The lowest BCUT2D eigenvalue weighted by molar-refractivity contribution is -0.145. The van der Waals surface area contributed by atoms with Crippen molar-refractivity contribution in [1.29, 1.82) is 0 Å². The third-order valence-corrected chi connectivity index (χ3v) is 8.41. The fraction of sp³-hybridized carbons (Fsp3) is 0.500. The maximum Gasteiger partial charge on any atom is 0.250 e. The molecule has 3 rings (SSSR count). The summed E-state index contributed by atoms with van der Waals surface area (Å²) in [4.78, 5) is 14.8. The third-order valence-electron chi connectivity index (χ3n) is 6.42. The maximum absolute atomic E-state index is 13.5. The number of anilines is 1. The number of nitrogens with two attached hydrogens (primary N) is 1. The normalized spacial score (nSPS) is 16.4. The molecule has 1 aliphatic heterocycles. The number of benzene rings is 2. The zero-order valence-electron chi connectivity index (χ0n) is 21.8. The molecule has 1 amide bonds. The highest BCUT2D eigenvalue weighted by Gasteiger charge is 2.45. The molecule has 204 valence electrons. The van der Waals surface area contributed by atoms with Crippen molar-refractivity contribution in [2.24, 2.45) is 11.7 Å². The van der Waals surface area contributed by atoms with Crippen LogP contribution in [-0.2, 0) is 26.2 Å². The van der Waals surface area contributed by atoms with E-state index in [2.05, 4.69) is 0 Å². The Bertz CT molecular complexity index is 1170. The first-order chi connectivity index (χ1) is 17.5. The van der Waals surface area contributed by atoms with E-state index in [9.17, 15) is 17.6 Å². The summed E-state index contributed by atoms with van der Waals surface area (Å²) >= 11 is 0. The Labute approximate surface area is 218 Å². The molecule has 37 heavy (non-hydrogen) atoms. The van der Waals surface area contributed by atoms with Gasteiger partial charge in [0.1, 0.15) is 23.1 Å². The molecule has 11 heteroatoms. The fourth-order valence-corrected chi connectivity index (χ4v) is 6.35. The Morgan fingerprint density at radius 1 is 1.05 bits per heavy atom. The first kappa shape index (κ1) is 28.7. The largest absolute Gasteiger partial charge is 0.497 e. The fourth-order valence-electron chi connectivity index (χ4n) is 4.51. The average Bonchev–Trinajstić information content (AvgIpc) is 2.87. The van der Waals surface area contributed by atoms with Gasteiger partial charge in [-0.25, -0.2) is 12.8 Å². The summed E-state index contributed by atoms with van der Waals surface area (Å²) in [5.41, 5.74) is 5.53. The molecule has 0 spiro atoms. The molecule has 0 aliphatic carbocycles. The van der Waals surface area contributed by atoms with Crippen LogP contribution >= 0.6 is 0 Å². The molecule has 0 saturated carbocycles. The summed E-state index contributed by atoms with van der Waals surface area (Å²) in [5.74, 6) is -0.709. The number of carbonyl (C=O) groups excluding carboxylic acids is 1. The second-order valence-corrected chi connectivity index (χ2v) is 11.5. The second-order valence-electron chi connectivity index (χ2n) is 9.54. The van der Waals surface area contributed by atoms with Gasteiger partial charge < -0.3 is 24.8 Å². The molecule has 0 aromatic heterocycles. The Balaban J connectivity index is 1.78. The SMILES string of the molecule is COc1ccc(COC(CC(C)C)(CS(=O)(=O)N2CCN(c3ccc(F)cc3)CC2)C(N)=O)c(OC)c1. The van der Waals surface area contributed by atoms with E-state index < -0.39 is 27.3 Å². The summed E-state index contributed by atoms with van der Waals surface area (Å²) in [5, 5.41) is 0. The Morgan fingerprint density at radius 3 is 2.24 bits per heavy atom. The number of ether oxygens (including phenoxy) is 3. The van der Waals surface area contributed by atoms with Gasteiger partial charge in [0, 0.05) is 43.5 Å². The third kappa shape index (κ3) is 7.12. The van der Waals surface area contributed by atoms with Gasteiger partial charge in [0.15, 0.2) is 5.60 Å². The molecule has 2 N–H and O–H groups in total. The van der Waals surface area contributed by atoms with Crippen molar-refractivity contribution in [2.75, 3.05) is 51.1 Å². The van der Waals surface area contributed by atoms with Gasteiger partial charge in [-0.2, -0.15) is 4.31 Å². The summed E-state index contributed by atoms with van der Waals surface area (Å²) in [6.45, 7) is 5.00. The van der Waals surface area contributed by atoms with E-state index in [0.29, 0.717) is 30.2 Å². The molecule has 1 fully saturated rings. The quantitative estimate of drug-likeness (QED) is 0.443. The van der Waals surface area contributed by atoms with Crippen LogP contribution in [0, 0.1) is 11.7 Å². The summed E-state index contributed by atoms with van der Waals surface area (Å²) < 4.78 is 58.4. The van der Waals surface area contributed by atoms with Crippen LogP contribution in [0.3, 0.4) is 0 Å². The number of nitrogens with zero attached hydrogens (tertiary/aromatic N) is 2. The Hall–Kier alpha value is -2.89. The van der Waals surface area contributed by atoms with Crippen molar-refractivity contribution in [3.05, 3.63) is 53.8 Å². The van der Waals surface area contributed by atoms with Crippen LogP contribution < -0.4 is 20.1 Å². The number of piperazine rings is 1. The minimum absolute atomic E-state index is 0.0595. The predicted molar refractivity (Wildman–Crippen MR) is 140 cm³/mol. The van der Waals surface area contributed by atoms with Crippen molar-refractivity contribution >= 4 is 21.6 Å². The lowest BCUT2D eigenvalue weighted by Gasteiger charge is -2.38. The van der Waals surface area contributed by atoms with Crippen molar-refractivity contribution in [3.8, 4) is 11.5 Å². The van der Waals surface area contributed by atoms with E-state index in [1.807, 2.05) is 18.7 Å². The van der Waals surface area contributed by atoms with Crippen LogP contribution in [0.5, 0.6) is 11.5 Å². The maximum atomic E-state index is 13.5. The molecule has 2 aromatic rings. The molecule has 0 radical (unpaired) electrons. The van der Waals surface area contributed by atoms with Gasteiger partial charge in [0.2, 0.25) is 10.0 Å². The Kier molecular flexibility index (Phi) is 9.38. The van der Waals surface area contributed by atoms with E-state index in [-0.39, 0.29) is 37.9 Å². The second kappa shape index (κ2) is 12.1. The number of rotatable bonds is 12. The molecule has 1 atom stereocenters. The standard InChI is InChI=1S/C26H36FN3O6S/c1-19(2)16-26(25(28)31,36-17-20-5-10-23(34-3)15-24(20)35-4)18-37(32,33)30-13-11-29(12-14-30)22-8-6-21(27)7-9-22/h5-10,15,19H,11-14,16-18H2,1-4H3,(H2,28,31). The van der Waals surface area contributed by atoms with Crippen molar-refractivity contribution in [2.45, 2.75) is 32.5 Å². The van der Waals surface area contributed by atoms with Crippen LogP contribution in [0.25, 0.3) is 0 Å². The average molecular weight is 538 g/mol. The summed E-state index contributed by atoms with van der Waals surface area (Å²) in [7, 11) is -0.864. The topological polar surface area (TPSA) is 111 Å². The minimum atomic E-state index is -3.91. The van der Waals surface area contributed by atoms with E-state index >= 15 is 0 Å². The number of carbonyl (C=O) groups is 1. The van der Waals surface area contributed by atoms with Crippen molar-refractivity contribution in [3.63, 3.8) is 0 Å². The van der Waals surface area contributed by atoms with Crippen LogP contribution in [0.2, 0.25) is 0 Å². The van der Waals surface area contributed by atoms with Gasteiger partial charge in [-0.15, -0.1) is 0 Å². The molecular weight excluding hydrogens is 501 g/mol.